The lowest BCUT2D eigenvalue weighted by Crippen LogP contribution is -2.18. The molecular formula is C14H19N3S. The Hall–Kier alpha value is -1.39. The highest BCUT2D eigenvalue weighted by atomic mass is 32.1. The van der Waals surface area contributed by atoms with Crippen LogP contribution in [0.15, 0.2) is 35.7 Å². The quantitative estimate of drug-likeness (QED) is 0.869. The molecule has 2 atom stereocenters. The molecule has 1 heterocycles. The van der Waals surface area contributed by atoms with Crippen LogP contribution in [0.5, 0.6) is 0 Å². The van der Waals surface area contributed by atoms with Crippen molar-refractivity contribution in [3.8, 4) is 0 Å². The lowest BCUT2D eigenvalue weighted by Gasteiger charge is -2.12. The molecular weight excluding hydrogens is 242 g/mol. The number of rotatable bonds is 5. The summed E-state index contributed by atoms with van der Waals surface area (Å²) in [5, 5.41) is 6.45. The maximum Gasteiger partial charge on any atom is 0.183 e. The van der Waals surface area contributed by atoms with Crippen LogP contribution < -0.4 is 11.1 Å². The zero-order chi connectivity index (χ0) is 13.0. The second kappa shape index (κ2) is 5.98. The van der Waals surface area contributed by atoms with E-state index in [1.807, 2.05) is 13.0 Å². The van der Waals surface area contributed by atoms with Gasteiger partial charge >= 0.3 is 0 Å². The second-order valence-electron chi connectivity index (χ2n) is 4.60. The highest BCUT2D eigenvalue weighted by Gasteiger charge is 2.08. The molecule has 2 aromatic rings. The first-order valence-corrected chi connectivity index (χ1v) is 7.04. The fraction of sp³-hybridized carbons (Fsp3) is 0.357. The van der Waals surface area contributed by atoms with E-state index < -0.39 is 0 Å². The molecule has 2 rings (SSSR count). The smallest absolute Gasteiger partial charge is 0.183 e. The van der Waals surface area contributed by atoms with Gasteiger partial charge in [0.15, 0.2) is 5.13 Å². The zero-order valence-corrected chi connectivity index (χ0v) is 11.6. The predicted octanol–water partition coefficient (Wildman–Crippen LogP) is 3.21. The molecule has 1 aromatic carbocycles. The van der Waals surface area contributed by atoms with E-state index in [4.69, 9.17) is 5.73 Å². The normalized spacial score (nSPS) is 14.2. The number of nitrogens with two attached hydrogens (primary N) is 1. The number of nitrogens with one attached hydrogen (secondary N) is 1. The first-order valence-electron chi connectivity index (χ1n) is 6.16. The van der Waals surface area contributed by atoms with Gasteiger partial charge in [0.1, 0.15) is 0 Å². The number of anilines is 1. The molecule has 3 nitrogen and oxygen atoms in total. The maximum atomic E-state index is 5.77. The van der Waals surface area contributed by atoms with Gasteiger partial charge in [-0.1, -0.05) is 30.3 Å². The van der Waals surface area contributed by atoms with Crippen LogP contribution in [0.2, 0.25) is 0 Å². The van der Waals surface area contributed by atoms with Gasteiger partial charge in [-0.05, 0) is 19.4 Å². The highest BCUT2D eigenvalue weighted by Crippen LogP contribution is 2.22. The van der Waals surface area contributed by atoms with Gasteiger partial charge in [-0.25, -0.2) is 4.98 Å². The molecule has 96 valence electrons. The molecule has 1 aromatic heterocycles. The van der Waals surface area contributed by atoms with Crippen molar-refractivity contribution in [1.29, 1.82) is 0 Å². The molecule has 18 heavy (non-hydrogen) atoms. The zero-order valence-electron chi connectivity index (χ0n) is 10.8. The standard InChI is InChI=1S/C14H19N3S/c1-10(15)8-13-9-18-14(17-13)16-11(2)12-6-4-3-5-7-12/h3-7,9-11H,8,15H2,1-2H3,(H,16,17). The van der Waals surface area contributed by atoms with Crippen LogP contribution >= 0.6 is 11.3 Å². The van der Waals surface area contributed by atoms with Crippen molar-refractivity contribution < 1.29 is 0 Å². The molecule has 0 aliphatic rings. The van der Waals surface area contributed by atoms with Crippen molar-refractivity contribution in [2.75, 3.05) is 5.32 Å². The molecule has 2 unspecified atom stereocenters. The third-order valence-corrected chi connectivity index (χ3v) is 3.54. The van der Waals surface area contributed by atoms with Gasteiger partial charge in [0.25, 0.3) is 0 Å². The van der Waals surface area contributed by atoms with Crippen LogP contribution in [-0.4, -0.2) is 11.0 Å². The van der Waals surface area contributed by atoms with E-state index in [9.17, 15) is 0 Å². The number of nitrogens with zero attached hydrogens (tertiary/aromatic N) is 1. The second-order valence-corrected chi connectivity index (χ2v) is 5.46. The van der Waals surface area contributed by atoms with Gasteiger partial charge in [0, 0.05) is 17.8 Å². The van der Waals surface area contributed by atoms with Crippen LogP contribution in [0.3, 0.4) is 0 Å². The Balaban J connectivity index is 1.99. The summed E-state index contributed by atoms with van der Waals surface area (Å²) >= 11 is 1.64. The van der Waals surface area contributed by atoms with E-state index in [0.717, 1.165) is 17.2 Å². The Morgan fingerprint density at radius 3 is 2.67 bits per heavy atom. The molecule has 0 radical (unpaired) electrons. The van der Waals surface area contributed by atoms with Gasteiger partial charge in [0.05, 0.1) is 11.7 Å². The summed E-state index contributed by atoms with van der Waals surface area (Å²) in [6, 6.07) is 10.8. The van der Waals surface area contributed by atoms with E-state index in [2.05, 4.69) is 46.9 Å². The van der Waals surface area contributed by atoms with Crippen molar-refractivity contribution >= 4 is 16.5 Å². The third-order valence-electron chi connectivity index (χ3n) is 2.72. The summed E-state index contributed by atoms with van der Waals surface area (Å²) in [7, 11) is 0. The van der Waals surface area contributed by atoms with E-state index in [0.29, 0.717) is 0 Å². The van der Waals surface area contributed by atoms with Crippen molar-refractivity contribution in [2.45, 2.75) is 32.4 Å². The third kappa shape index (κ3) is 3.55. The minimum Gasteiger partial charge on any atom is -0.355 e. The molecule has 0 fully saturated rings. The Bertz CT molecular complexity index is 479. The topological polar surface area (TPSA) is 50.9 Å². The van der Waals surface area contributed by atoms with Crippen molar-refractivity contribution in [2.24, 2.45) is 5.73 Å². The van der Waals surface area contributed by atoms with Crippen LogP contribution in [0, 0.1) is 0 Å². The van der Waals surface area contributed by atoms with Crippen LogP contribution in [0.1, 0.15) is 31.1 Å². The molecule has 0 saturated carbocycles. The van der Waals surface area contributed by atoms with Crippen molar-refractivity contribution in [3.63, 3.8) is 0 Å². The summed E-state index contributed by atoms with van der Waals surface area (Å²) in [5.74, 6) is 0. The molecule has 0 bridgehead atoms. The minimum absolute atomic E-state index is 0.159. The molecule has 0 aliphatic heterocycles. The van der Waals surface area contributed by atoms with Gasteiger partial charge < -0.3 is 11.1 Å². The average Bonchev–Trinajstić information content (AvgIpc) is 2.76. The Labute approximate surface area is 112 Å². The van der Waals surface area contributed by atoms with Gasteiger partial charge in [-0.15, -0.1) is 11.3 Å². The average molecular weight is 261 g/mol. The fourth-order valence-electron chi connectivity index (χ4n) is 1.81. The minimum atomic E-state index is 0.159. The van der Waals surface area contributed by atoms with Gasteiger partial charge in [0.2, 0.25) is 0 Å². The first kappa shape index (κ1) is 13.1. The molecule has 0 spiro atoms. The number of thiazole rings is 1. The van der Waals surface area contributed by atoms with E-state index >= 15 is 0 Å². The Morgan fingerprint density at radius 2 is 2.00 bits per heavy atom. The van der Waals surface area contributed by atoms with Crippen molar-refractivity contribution in [3.05, 3.63) is 47.0 Å². The van der Waals surface area contributed by atoms with E-state index in [-0.39, 0.29) is 12.1 Å². The van der Waals surface area contributed by atoms with E-state index in [1.165, 1.54) is 5.56 Å². The lowest BCUT2D eigenvalue weighted by molar-refractivity contribution is 0.725. The van der Waals surface area contributed by atoms with Gasteiger partial charge in [-0.2, -0.15) is 0 Å². The van der Waals surface area contributed by atoms with Crippen LogP contribution in [0.25, 0.3) is 0 Å². The summed E-state index contributed by atoms with van der Waals surface area (Å²) < 4.78 is 0. The summed E-state index contributed by atoms with van der Waals surface area (Å²) in [6.07, 6.45) is 0.831. The monoisotopic (exact) mass is 261 g/mol. The Kier molecular flexibility index (Phi) is 4.33. The maximum absolute atomic E-state index is 5.77. The number of aromatic nitrogens is 1. The predicted molar refractivity (Wildman–Crippen MR) is 77.9 cm³/mol. The largest absolute Gasteiger partial charge is 0.355 e. The number of hydrogen-bond acceptors (Lipinski definition) is 4. The van der Waals surface area contributed by atoms with Crippen LogP contribution in [-0.2, 0) is 6.42 Å². The number of hydrogen-bond donors (Lipinski definition) is 2. The summed E-state index contributed by atoms with van der Waals surface area (Å²) in [5.41, 5.74) is 8.10. The summed E-state index contributed by atoms with van der Waals surface area (Å²) in [6.45, 7) is 4.14. The number of benzene rings is 1. The Morgan fingerprint density at radius 1 is 1.28 bits per heavy atom. The fourth-order valence-corrected chi connectivity index (χ4v) is 2.62. The highest BCUT2D eigenvalue weighted by molar-refractivity contribution is 7.13. The molecule has 3 N–H and O–H groups in total. The van der Waals surface area contributed by atoms with Crippen molar-refractivity contribution in [1.82, 2.24) is 4.98 Å². The molecule has 4 heteroatoms. The first-order chi connectivity index (χ1) is 8.65. The molecule has 0 aliphatic carbocycles. The SMILES string of the molecule is CC(N)Cc1csc(NC(C)c2ccccc2)n1. The lowest BCUT2D eigenvalue weighted by atomic mass is 10.1. The van der Waals surface area contributed by atoms with Crippen LogP contribution in [0.4, 0.5) is 5.13 Å². The molecule has 0 amide bonds. The summed E-state index contributed by atoms with van der Waals surface area (Å²) in [4.78, 5) is 4.54. The molecule has 0 saturated heterocycles. The van der Waals surface area contributed by atoms with E-state index in [1.54, 1.807) is 11.3 Å². The van der Waals surface area contributed by atoms with Gasteiger partial charge in [-0.3, -0.25) is 0 Å².